The number of hydrogen-bond acceptors (Lipinski definition) is 5. The van der Waals surface area contributed by atoms with E-state index in [4.69, 9.17) is 4.74 Å². The molecule has 2 aromatic heterocycles. The summed E-state index contributed by atoms with van der Waals surface area (Å²) < 4.78 is 6.81. The number of methoxy groups -OCH3 is 1. The minimum Gasteiger partial charge on any atom is -0.479 e. The fourth-order valence-corrected chi connectivity index (χ4v) is 1.95. The fourth-order valence-electron chi connectivity index (χ4n) is 1.95. The van der Waals surface area contributed by atoms with Crippen LogP contribution in [0.3, 0.4) is 0 Å². The highest BCUT2D eigenvalue weighted by atomic mass is 16.5. The van der Waals surface area contributed by atoms with E-state index in [0.717, 1.165) is 5.69 Å². The van der Waals surface area contributed by atoms with Crippen LogP contribution in [0.1, 0.15) is 10.6 Å². The van der Waals surface area contributed by atoms with Gasteiger partial charge < -0.3 is 4.74 Å². The molecule has 94 valence electrons. The van der Waals surface area contributed by atoms with Gasteiger partial charge in [-0.2, -0.15) is 4.98 Å². The van der Waals surface area contributed by atoms with Gasteiger partial charge in [0.2, 0.25) is 5.88 Å². The molecule has 0 spiro atoms. The van der Waals surface area contributed by atoms with Crippen molar-refractivity contribution in [3.63, 3.8) is 0 Å². The Morgan fingerprint density at radius 1 is 1.21 bits per heavy atom. The SMILES string of the molecule is COc1ncnc2c1nc(C=O)n2-c1ccccc1. The maximum absolute atomic E-state index is 11.2. The molecule has 6 heteroatoms. The van der Waals surface area contributed by atoms with Gasteiger partial charge in [0, 0.05) is 5.69 Å². The highest BCUT2D eigenvalue weighted by Crippen LogP contribution is 2.24. The summed E-state index contributed by atoms with van der Waals surface area (Å²) in [6.45, 7) is 0. The third-order valence-electron chi connectivity index (χ3n) is 2.75. The number of para-hydroxylation sites is 1. The van der Waals surface area contributed by atoms with Gasteiger partial charge >= 0.3 is 0 Å². The fraction of sp³-hybridized carbons (Fsp3) is 0.0769. The molecule has 19 heavy (non-hydrogen) atoms. The molecule has 3 aromatic rings. The molecule has 0 amide bonds. The van der Waals surface area contributed by atoms with Crippen LogP contribution in [-0.2, 0) is 0 Å². The second kappa shape index (κ2) is 4.49. The molecule has 0 radical (unpaired) electrons. The summed E-state index contributed by atoms with van der Waals surface area (Å²) in [5.74, 6) is 0.614. The number of hydrogen-bond donors (Lipinski definition) is 0. The van der Waals surface area contributed by atoms with Crippen molar-refractivity contribution in [2.45, 2.75) is 0 Å². The molecule has 0 bridgehead atoms. The van der Waals surface area contributed by atoms with Crippen LogP contribution in [0.2, 0.25) is 0 Å². The Morgan fingerprint density at radius 3 is 2.68 bits per heavy atom. The number of imidazole rings is 1. The zero-order chi connectivity index (χ0) is 13.2. The summed E-state index contributed by atoms with van der Waals surface area (Å²) >= 11 is 0. The number of carbonyl (C=O) groups excluding carboxylic acids is 1. The minimum absolute atomic E-state index is 0.264. The molecule has 6 nitrogen and oxygen atoms in total. The first-order valence-electron chi connectivity index (χ1n) is 5.63. The summed E-state index contributed by atoms with van der Waals surface area (Å²) in [5.41, 5.74) is 1.82. The average Bonchev–Trinajstić information content (AvgIpc) is 2.86. The number of aromatic nitrogens is 4. The number of benzene rings is 1. The van der Waals surface area contributed by atoms with Crippen molar-refractivity contribution >= 4 is 17.5 Å². The largest absolute Gasteiger partial charge is 0.479 e. The second-order valence-corrected chi connectivity index (χ2v) is 3.81. The molecular weight excluding hydrogens is 244 g/mol. The third-order valence-corrected chi connectivity index (χ3v) is 2.75. The molecule has 0 aliphatic carbocycles. The van der Waals surface area contributed by atoms with E-state index >= 15 is 0 Å². The van der Waals surface area contributed by atoms with Gasteiger partial charge in [-0.3, -0.25) is 9.36 Å². The summed E-state index contributed by atoms with van der Waals surface area (Å²) in [5, 5.41) is 0. The van der Waals surface area contributed by atoms with Gasteiger partial charge in [0.15, 0.2) is 23.3 Å². The predicted molar refractivity (Wildman–Crippen MR) is 68.6 cm³/mol. The number of ether oxygens (including phenoxy) is 1. The van der Waals surface area contributed by atoms with Gasteiger partial charge in [-0.25, -0.2) is 9.97 Å². The van der Waals surface area contributed by atoms with Crippen molar-refractivity contribution in [3.05, 3.63) is 42.5 Å². The van der Waals surface area contributed by atoms with Crippen LogP contribution in [0.5, 0.6) is 5.88 Å². The van der Waals surface area contributed by atoms with E-state index in [9.17, 15) is 4.79 Å². The number of fused-ring (bicyclic) bond motifs is 1. The van der Waals surface area contributed by atoms with E-state index in [1.807, 2.05) is 30.3 Å². The molecular formula is C13H10N4O2. The zero-order valence-corrected chi connectivity index (χ0v) is 10.1. The topological polar surface area (TPSA) is 69.9 Å². The van der Waals surface area contributed by atoms with Crippen LogP contribution in [0.4, 0.5) is 0 Å². The van der Waals surface area contributed by atoms with Crippen LogP contribution in [0.15, 0.2) is 36.7 Å². The van der Waals surface area contributed by atoms with Gasteiger partial charge in [-0.15, -0.1) is 0 Å². The first-order valence-corrected chi connectivity index (χ1v) is 5.63. The lowest BCUT2D eigenvalue weighted by molar-refractivity contribution is 0.111. The van der Waals surface area contributed by atoms with Crippen molar-refractivity contribution in [1.29, 1.82) is 0 Å². The Bertz CT molecular complexity index is 737. The summed E-state index contributed by atoms with van der Waals surface area (Å²) in [7, 11) is 1.50. The van der Waals surface area contributed by atoms with Crippen molar-refractivity contribution in [2.24, 2.45) is 0 Å². The van der Waals surface area contributed by atoms with E-state index in [2.05, 4.69) is 15.0 Å². The quantitative estimate of drug-likeness (QED) is 0.664. The highest BCUT2D eigenvalue weighted by molar-refractivity contribution is 5.85. The van der Waals surface area contributed by atoms with E-state index < -0.39 is 0 Å². The molecule has 0 N–H and O–H groups in total. The van der Waals surface area contributed by atoms with Gasteiger partial charge in [-0.05, 0) is 12.1 Å². The average molecular weight is 254 g/mol. The van der Waals surface area contributed by atoms with E-state index in [-0.39, 0.29) is 5.82 Å². The molecule has 0 aliphatic heterocycles. The zero-order valence-electron chi connectivity index (χ0n) is 10.1. The Labute approximate surface area is 108 Å². The van der Waals surface area contributed by atoms with Crippen molar-refractivity contribution in [1.82, 2.24) is 19.5 Å². The van der Waals surface area contributed by atoms with Gasteiger partial charge in [0.1, 0.15) is 6.33 Å². The van der Waals surface area contributed by atoms with Crippen molar-refractivity contribution in [2.75, 3.05) is 7.11 Å². The maximum Gasteiger partial charge on any atom is 0.245 e. The Morgan fingerprint density at radius 2 is 2.00 bits per heavy atom. The normalized spacial score (nSPS) is 10.6. The number of nitrogens with zero attached hydrogens (tertiary/aromatic N) is 4. The lowest BCUT2D eigenvalue weighted by Crippen LogP contribution is -2.00. The van der Waals surface area contributed by atoms with E-state index in [1.165, 1.54) is 13.4 Å². The van der Waals surface area contributed by atoms with Crippen LogP contribution >= 0.6 is 0 Å². The van der Waals surface area contributed by atoms with Gasteiger partial charge in [-0.1, -0.05) is 18.2 Å². The van der Waals surface area contributed by atoms with E-state index in [1.54, 1.807) is 4.57 Å². The molecule has 2 heterocycles. The molecule has 0 saturated heterocycles. The van der Waals surface area contributed by atoms with Crippen LogP contribution in [-0.4, -0.2) is 32.9 Å². The smallest absolute Gasteiger partial charge is 0.245 e. The Kier molecular flexibility index (Phi) is 2.68. The molecule has 0 unspecified atom stereocenters. The standard InChI is InChI=1S/C13H10N4O2/c1-19-13-11-12(14-8-15-13)17(10(7-18)16-11)9-5-3-2-4-6-9/h2-8H,1H3. The first kappa shape index (κ1) is 11.3. The van der Waals surface area contributed by atoms with Crippen LogP contribution < -0.4 is 4.74 Å². The Balaban J connectivity index is 2.37. The van der Waals surface area contributed by atoms with Crippen LogP contribution in [0, 0.1) is 0 Å². The lowest BCUT2D eigenvalue weighted by atomic mass is 10.3. The number of carbonyl (C=O) groups is 1. The monoisotopic (exact) mass is 254 g/mol. The highest BCUT2D eigenvalue weighted by Gasteiger charge is 2.16. The van der Waals surface area contributed by atoms with E-state index in [0.29, 0.717) is 23.3 Å². The molecule has 0 atom stereocenters. The molecule has 0 saturated carbocycles. The number of rotatable bonds is 3. The summed E-state index contributed by atoms with van der Waals surface area (Å²) in [6.07, 6.45) is 2.07. The molecule has 0 aliphatic rings. The molecule has 3 rings (SSSR count). The third kappa shape index (κ3) is 1.74. The number of aldehydes is 1. The minimum atomic E-state index is 0.264. The summed E-state index contributed by atoms with van der Waals surface area (Å²) in [4.78, 5) is 23.6. The second-order valence-electron chi connectivity index (χ2n) is 3.81. The Hall–Kier alpha value is -2.76. The first-order chi connectivity index (χ1) is 9.35. The molecule has 1 aromatic carbocycles. The lowest BCUT2D eigenvalue weighted by Gasteiger charge is -2.04. The summed E-state index contributed by atoms with van der Waals surface area (Å²) in [6, 6.07) is 9.42. The van der Waals surface area contributed by atoms with Crippen molar-refractivity contribution < 1.29 is 9.53 Å². The predicted octanol–water partition coefficient (Wildman–Crippen LogP) is 1.64. The van der Waals surface area contributed by atoms with Crippen molar-refractivity contribution in [3.8, 4) is 11.6 Å². The van der Waals surface area contributed by atoms with Gasteiger partial charge in [0.05, 0.1) is 7.11 Å². The maximum atomic E-state index is 11.2. The van der Waals surface area contributed by atoms with Gasteiger partial charge in [0.25, 0.3) is 0 Å². The molecule has 0 fully saturated rings. The van der Waals surface area contributed by atoms with Crippen LogP contribution in [0.25, 0.3) is 16.9 Å².